The van der Waals surface area contributed by atoms with Gasteiger partial charge in [-0.25, -0.2) is 0 Å². The summed E-state index contributed by atoms with van der Waals surface area (Å²) in [4.78, 5) is 35.0. The van der Waals surface area contributed by atoms with E-state index in [2.05, 4.69) is 0 Å². The normalized spacial score (nSPS) is 24.8. The molecule has 0 bridgehead atoms. The van der Waals surface area contributed by atoms with Gasteiger partial charge >= 0.3 is 17.9 Å². The fourth-order valence-electron chi connectivity index (χ4n) is 2.52. The Morgan fingerprint density at radius 3 is 2.08 bits per heavy atom. The topological polar surface area (TPSA) is 88.1 Å². The molecule has 8 heteroatoms. The van der Waals surface area contributed by atoms with E-state index in [9.17, 15) is 14.4 Å². The zero-order valence-corrected chi connectivity index (χ0v) is 15.9. The molecule has 0 amide bonds. The first-order chi connectivity index (χ1) is 12.3. The molecule has 1 aromatic rings. The largest absolute Gasteiger partial charge is 0.463 e. The monoisotopic (exact) mass is 382 g/mol. The highest BCUT2D eigenvalue weighted by molar-refractivity contribution is 7.99. The predicted octanol–water partition coefficient (Wildman–Crippen LogP) is 2.24. The van der Waals surface area contributed by atoms with Gasteiger partial charge in [-0.1, -0.05) is 29.5 Å². The van der Waals surface area contributed by atoms with Crippen LogP contribution in [-0.4, -0.2) is 48.3 Å². The number of carbonyl (C=O) groups excluding carboxylic acids is 3. The van der Waals surface area contributed by atoms with Crippen molar-refractivity contribution in [1.29, 1.82) is 0 Å². The Bertz CT molecular complexity index is 658. The Kier molecular flexibility index (Phi) is 7.05. The van der Waals surface area contributed by atoms with E-state index in [0.29, 0.717) is 0 Å². The second-order valence-corrected chi connectivity index (χ2v) is 7.10. The van der Waals surface area contributed by atoms with Gasteiger partial charge in [-0.3, -0.25) is 14.4 Å². The molecule has 4 atom stereocenters. The Hall–Kier alpha value is -2.06. The zero-order valence-electron chi connectivity index (χ0n) is 15.1. The summed E-state index contributed by atoms with van der Waals surface area (Å²) in [7, 11) is 0. The maximum Gasteiger partial charge on any atom is 0.303 e. The van der Waals surface area contributed by atoms with E-state index in [0.717, 1.165) is 10.5 Å². The van der Waals surface area contributed by atoms with E-state index in [4.69, 9.17) is 18.9 Å². The van der Waals surface area contributed by atoms with E-state index >= 15 is 0 Å². The smallest absolute Gasteiger partial charge is 0.303 e. The Morgan fingerprint density at radius 2 is 1.54 bits per heavy atom. The van der Waals surface area contributed by atoms with E-state index in [1.165, 1.54) is 32.5 Å². The molecular formula is C18H22O7S. The van der Waals surface area contributed by atoms with Crippen LogP contribution in [0.3, 0.4) is 0 Å². The molecule has 0 aromatic heterocycles. The summed E-state index contributed by atoms with van der Waals surface area (Å²) in [6.45, 7) is 5.69. The van der Waals surface area contributed by atoms with Gasteiger partial charge in [-0.2, -0.15) is 0 Å². The van der Waals surface area contributed by atoms with Gasteiger partial charge in [0.1, 0.15) is 18.1 Å². The number of esters is 3. The van der Waals surface area contributed by atoms with Crippen LogP contribution in [0.4, 0.5) is 0 Å². The molecule has 0 saturated carbocycles. The summed E-state index contributed by atoms with van der Waals surface area (Å²) in [6, 6.07) is 7.76. The van der Waals surface area contributed by atoms with Crippen LogP contribution in [0.5, 0.6) is 0 Å². The number of carbonyl (C=O) groups is 3. The van der Waals surface area contributed by atoms with Crippen molar-refractivity contribution in [2.45, 2.75) is 56.3 Å². The molecule has 1 saturated heterocycles. The van der Waals surface area contributed by atoms with Crippen molar-refractivity contribution in [3.05, 3.63) is 29.8 Å². The molecule has 1 aliphatic rings. The minimum atomic E-state index is -0.862. The fraction of sp³-hybridized carbons (Fsp3) is 0.500. The maximum atomic E-state index is 11.5. The third-order valence-corrected chi connectivity index (χ3v) is 4.75. The van der Waals surface area contributed by atoms with Crippen molar-refractivity contribution in [2.75, 3.05) is 6.61 Å². The van der Waals surface area contributed by atoms with Crippen molar-refractivity contribution in [3.8, 4) is 0 Å². The van der Waals surface area contributed by atoms with Gasteiger partial charge < -0.3 is 18.9 Å². The van der Waals surface area contributed by atoms with Gasteiger partial charge in [0, 0.05) is 25.7 Å². The highest BCUT2D eigenvalue weighted by Crippen LogP contribution is 2.37. The second-order valence-electron chi connectivity index (χ2n) is 5.92. The van der Waals surface area contributed by atoms with Crippen LogP contribution in [0.25, 0.3) is 0 Å². The van der Waals surface area contributed by atoms with Gasteiger partial charge in [0.15, 0.2) is 12.2 Å². The third-order valence-electron chi connectivity index (χ3n) is 3.60. The number of hydrogen-bond acceptors (Lipinski definition) is 8. The van der Waals surface area contributed by atoms with Crippen LogP contribution in [0, 0.1) is 6.92 Å². The average Bonchev–Trinajstić information content (AvgIpc) is 2.84. The van der Waals surface area contributed by atoms with Gasteiger partial charge in [0.2, 0.25) is 0 Å². The SMILES string of the molecule is CC(=O)OC[C@@H]1O[C@@H](Sc2ccc(C)cc2)[C@H](OC(C)=O)[C@H]1OC(C)=O. The second kappa shape index (κ2) is 9.05. The van der Waals surface area contributed by atoms with Crippen LogP contribution in [0.1, 0.15) is 26.3 Å². The van der Waals surface area contributed by atoms with Crippen LogP contribution < -0.4 is 0 Å². The van der Waals surface area contributed by atoms with Crippen molar-refractivity contribution >= 4 is 29.7 Å². The first-order valence-electron chi connectivity index (χ1n) is 8.13. The molecule has 2 rings (SSSR count). The molecular weight excluding hydrogens is 360 g/mol. The molecule has 7 nitrogen and oxygen atoms in total. The Morgan fingerprint density at radius 1 is 0.962 bits per heavy atom. The molecule has 0 unspecified atom stereocenters. The molecule has 1 heterocycles. The Balaban J connectivity index is 2.22. The van der Waals surface area contributed by atoms with Gasteiger partial charge in [-0.15, -0.1) is 0 Å². The van der Waals surface area contributed by atoms with Gasteiger partial charge in [0.25, 0.3) is 0 Å². The molecule has 0 N–H and O–H groups in total. The van der Waals surface area contributed by atoms with Crippen LogP contribution in [0.2, 0.25) is 0 Å². The molecule has 0 aliphatic carbocycles. The molecule has 26 heavy (non-hydrogen) atoms. The fourth-order valence-corrected chi connectivity index (χ4v) is 3.63. The highest BCUT2D eigenvalue weighted by atomic mass is 32.2. The number of ether oxygens (including phenoxy) is 4. The standard InChI is InChI=1S/C18H22O7S/c1-10-5-7-14(8-6-10)26-18-17(24-13(4)21)16(23-12(3)20)15(25-18)9-22-11(2)19/h5-8,15-18H,9H2,1-4H3/t15-,16-,17+,18-/m0/s1. The number of aryl methyl sites for hydroxylation is 1. The summed E-state index contributed by atoms with van der Waals surface area (Å²) < 4.78 is 21.6. The molecule has 1 aromatic carbocycles. The van der Waals surface area contributed by atoms with E-state index in [1.54, 1.807) is 0 Å². The summed E-state index contributed by atoms with van der Waals surface area (Å²) in [5.74, 6) is -1.53. The number of benzene rings is 1. The van der Waals surface area contributed by atoms with E-state index in [-0.39, 0.29) is 6.61 Å². The van der Waals surface area contributed by atoms with Crippen LogP contribution in [0.15, 0.2) is 29.2 Å². The molecule has 142 valence electrons. The lowest BCUT2D eigenvalue weighted by molar-refractivity contribution is -0.165. The summed E-state index contributed by atoms with van der Waals surface area (Å²) in [6.07, 6.45) is -2.41. The van der Waals surface area contributed by atoms with Crippen molar-refractivity contribution in [1.82, 2.24) is 0 Å². The lowest BCUT2D eigenvalue weighted by atomic mass is 10.1. The van der Waals surface area contributed by atoms with Crippen molar-refractivity contribution in [2.24, 2.45) is 0 Å². The summed E-state index contributed by atoms with van der Waals surface area (Å²) in [5.41, 5.74) is 0.510. The molecule has 1 aliphatic heterocycles. The first kappa shape index (κ1) is 20.3. The predicted molar refractivity (Wildman–Crippen MR) is 93.4 cm³/mol. The third kappa shape index (κ3) is 5.74. The van der Waals surface area contributed by atoms with Crippen molar-refractivity contribution < 1.29 is 33.3 Å². The van der Waals surface area contributed by atoms with Gasteiger partial charge in [-0.05, 0) is 19.1 Å². The van der Waals surface area contributed by atoms with Gasteiger partial charge in [0.05, 0.1) is 0 Å². The summed E-state index contributed by atoms with van der Waals surface area (Å²) >= 11 is 1.35. The van der Waals surface area contributed by atoms with Crippen molar-refractivity contribution in [3.63, 3.8) is 0 Å². The minimum absolute atomic E-state index is 0.101. The quantitative estimate of drug-likeness (QED) is 0.547. The summed E-state index contributed by atoms with van der Waals surface area (Å²) in [5, 5.41) is 0. The van der Waals surface area contributed by atoms with Crippen LogP contribution in [-0.2, 0) is 33.3 Å². The zero-order chi connectivity index (χ0) is 19.3. The number of thioether (sulfide) groups is 1. The number of hydrogen-bond donors (Lipinski definition) is 0. The lowest BCUT2D eigenvalue weighted by Crippen LogP contribution is -2.40. The van der Waals surface area contributed by atoms with E-state index < -0.39 is 41.7 Å². The Labute approximate surface area is 156 Å². The maximum absolute atomic E-state index is 11.5. The van der Waals surface area contributed by atoms with E-state index in [1.807, 2.05) is 31.2 Å². The minimum Gasteiger partial charge on any atom is -0.463 e. The lowest BCUT2D eigenvalue weighted by Gasteiger charge is -2.23. The molecule has 0 spiro atoms. The number of rotatable bonds is 6. The highest BCUT2D eigenvalue weighted by Gasteiger charge is 2.50. The van der Waals surface area contributed by atoms with Crippen LogP contribution >= 0.6 is 11.8 Å². The first-order valence-corrected chi connectivity index (χ1v) is 9.01. The molecule has 0 radical (unpaired) electrons. The average molecular weight is 382 g/mol. The molecule has 1 fully saturated rings.